The molecular weight excluding hydrogens is 317 g/mol. The first-order chi connectivity index (χ1) is 12.1. The van der Waals surface area contributed by atoms with Crippen LogP contribution in [0, 0.1) is 23.1 Å². The highest BCUT2D eigenvalue weighted by Gasteiger charge is 2.25. The number of hydrogen-bond donors (Lipinski definition) is 1. The van der Waals surface area contributed by atoms with Crippen LogP contribution in [0.5, 0.6) is 0 Å². The van der Waals surface area contributed by atoms with Crippen molar-refractivity contribution >= 4 is 5.96 Å². The standard InChI is InChI=1S/C19H28FN5/c1-4-24(5-2)13-16-8-9-25(14-16)19(22-3)23-12-17-10-15(11-21)6-7-18(17)20/h6-7,10,16H,4-5,8-9,12-14H2,1-3H3,(H,22,23). The van der Waals surface area contributed by atoms with Gasteiger partial charge in [0.05, 0.1) is 11.6 Å². The molecule has 0 spiro atoms. The Labute approximate surface area is 150 Å². The summed E-state index contributed by atoms with van der Waals surface area (Å²) >= 11 is 0. The summed E-state index contributed by atoms with van der Waals surface area (Å²) in [5.74, 6) is 1.13. The molecule has 1 N–H and O–H groups in total. The van der Waals surface area contributed by atoms with E-state index in [-0.39, 0.29) is 5.82 Å². The maximum Gasteiger partial charge on any atom is 0.193 e. The Hall–Kier alpha value is -2.13. The van der Waals surface area contributed by atoms with E-state index in [0.717, 1.165) is 45.1 Å². The fraction of sp³-hybridized carbons (Fsp3) is 0.579. The average molecular weight is 345 g/mol. The number of benzene rings is 1. The second-order valence-electron chi connectivity index (χ2n) is 6.41. The topological polar surface area (TPSA) is 54.7 Å². The smallest absolute Gasteiger partial charge is 0.193 e. The Bertz CT molecular complexity index is 633. The van der Waals surface area contributed by atoms with Gasteiger partial charge in [-0.25, -0.2) is 4.39 Å². The molecule has 0 amide bonds. The summed E-state index contributed by atoms with van der Waals surface area (Å²) in [7, 11) is 1.75. The summed E-state index contributed by atoms with van der Waals surface area (Å²) in [6, 6.07) is 6.47. The van der Waals surface area contributed by atoms with Gasteiger partial charge in [0.2, 0.25) is 0 Å². The van der Waals surface area contributed by atoms with Crippen molar-refractivity contribution in [3.8, 4) is 6.07 Å². The van der Waals surface area contributed by atoms with E-state index >= 15 is 0 Å². The molecule has 0 aromatic heterocycles. The van der Waals surface area contributed by atoms with E-state index in [0.29, 0.717) is 23.6 Å². The number of nitrogens with zero attached hydrogens (tertiary/aromatic N) is 4. The SMILES string of the molecule is CCN(CC)CC1CCN(C(=NC)NCc2cc(C#N)ccc2F)C1. The number of guanidine groups is 1. The Morgan fingerprint density at radius 2 is 2.20 bits per heavy atom. The molecule has 0 aliphatic carbocycles. The third kappa shape index (κ3) is 5.17. The van der Waals surface area contributed by atoms with Crippen LogP contribution in [0.15, 0.2) is 23.2 Å². The number of likely N-dealkylation sites (tertiary alicyclic amines) is 1. The van der Waals surface area contributed by atoms with Crippen molar-refractivity contribution in [3.05, 3.63) is 35.1 Å². The van der Waals surface area contributed by atoms with Crippen LogP contribution in [-0.2, 0) is 6.54 Å². The number of nitriles is 1. The molecule has 136 valence electrons. The zero-order valence-corrected chi connectivity index (χ0v) is 15.4. The number of aliphatic imine (C=N–C) groups is 1. The molecule has 1 unspecified atom stereocenters. The van der Waals surface area contributed by atoms with Crippen LogP contribution in [0.1, 0.15) is 31.4 Å². The van der Waals surface area contributed by atoms with E-state index in [1.807, 2.05) is 6.07 Å². The molecule has 25 heavy (non-hydrogen) atoms. The van der Waals surface area contributed by atoms with E-state index < -0.39 is 0 Å². The van der Waals surface area contributed by atoms with Gasteiger partial charge in [-0.05, 0) is 43.6 Å². The highest BCUT2D eigenvalue weighted by molar-refractivity contribution is 5.80. The molecule has 0 radical (unpaired) electrons. The molecule has 1 aromatic carbocycles. The van der Waals surface area contributed by atoms with Gasteiger partial charge in [-0.1, -0.05) is 13.8 Å². The third-order valence-electron chi connectivity index (χ3n) is 4.82. The van der Waals surface area contributed by atoms with Gasteiger partial charge >= 0.3 is 0 Å². The minimum atomic E-state index is -0.303. The quantitative estimate of drug-likeness (QED) is 0.636. The largest absolute Gasteiger partial charge is 0.352 e. The van der Waals surface area contributed by atoms with Crippen LogP contribution in [0.25, 0.3) is 0 Å². The van der Waals surface area contributed by atoms with Crippen molar-refractivity contribution in [2.24, 2.45) is 10.9 Å². The molecule has 0 bridgehead atoms. The van der Waals surface area contributed by atoms with Crippen LogP contribution < -0.4 is 5.32 Å². The van der Waals surface area contributed by atoms with Gasteiger partial charge in [0, 0.05) is 38.8 Å². The minimum Gasteiger partial charge on any atom is -0.352 e. The maximum atomic E-state index is 13.9. The zero-order chi connectivity index (χ0) is 18.2. The Morgan fingerprint density at radius 1 is 1.44 bits per heavy atom. The van der Waals surface area contributed by atoms with Crippen LogP contribution in [-0.4, -0.2) is 55.5 Å². The Balaban J connectivity index is 1.92. The molecule has 1 aliphatic heterocycles. The van der Waals surface area contributed by atoms with Gasteiger partial charge < -0.3 is 15.1 Å². The number of hydrogen-bond acceptors (Lipinski definition) is 3. The van der Waals surface area contributed by atoms with Gasteiger partial charge in [0.25, 0.3) is 0 Å². The average Bonchev–Trinajstić information content (AvgIpc) is 3.10. The molecule has 0 saturated carbocycles. The molecule has 6 heteroatoms. The van der Waals surface area contributed by atoms with E-state index in [4.69, 9.17) is 5.26 Å². The van der Waals surface area contributed by atoms with Crippen LogP contribution in [0.2, 0.25) is 0 Å². The first-order valence-electron chi connectivity index (χ1n) is 8.97. The van der Waals surface area contributed by atoms with Gasteiger partial charge in [-0.3, -0.25) is 4.99 Å². The lowest BCUT2D eigenvalue weighted by Crippen LogP contribution is -2.40. The van der Waals surface area contributed by atoms with E-state index in [1.165, 1.54) is 12.1 Å². The second kappa shape index (κ2) is 9.38. The lowest BCUT2D eigenvalue weighted by Gasteiger charge is -2.24. The van der Waals surface area contributed by atoms with Crippen molar-refractivity contribution in [2.75, 3.05) is 39.8 Å². The summed E-state index contributed by atoms with van der Waals surface area (Å²) in [6.45, 7) is 9.91. The van der Waals surface area contributed by atoms with Crippen molar-refractivity contribution in [1.29, 1.82) is 5.26 Å². The predicted octanol–water partition coefficient (Wildman–Crippen LogP) is 2.44. The Kier molecular flexibility index (Phi) is 7.20. The highest BCUT2D eigenvalue weighted by Crippen LogP contribution is 2.18. The van der Waals surface area contributed by atoms with Gasteiger partial charge in [-0.15, -0.1) is 0 Å². The fourth-order valence-corrected chi connectivity index (χ4v) is 3.31. The third-order valence-corrected chi connectivity index (χ3v) is 4.82. The molecule has 1 atom stereocenters. The van der Waals surface area contributed by atoms with Crippen LogP contribution in [0.3, 0.4) is 0 Å². The lowest BCUT2D eigenvalue weighted by molar-refractivity contribution is 0.255. The molecule has 1 aliphatic rings. The number of rotatable bonds is 6. The Morgan fingerprint density at radius 3 is 2.84 bits per heavy atom. The van der Waals surface area contributed by atoms with Crippen LogP contribution in [0.4, 0.5) is 4.39 Å². The predicted molar refractivity (Wildman–Crippen MR) is 98.8 cm³/mol. The van der Waals surface area contributed by atoms with Gasteiger partial charge in [-0.2, -0.15) is 5.26 Å². The van der Waals surface area contributed by atoms with Crippen molar-refractivity contribution in [2.45, 2.75) is 26.8 Å². The number of halogens is 1. The van der Waals surface area contributed by atoms with Crippen molar-refractivity contribution < 1.29 is 4.39 Å². The molecule has 1 aromatic rings. The van der Waals surface area contributed by atoms with E-state index in [9.17, 15) is 4.39 Å². The van der Waals surface area contributed by atoms with E-state index in [1.54, 1.807) is 13.1 Å². The minimum absolute atomic E-state index is 0.303. The monoisotopic (exact) mass is 345 g/mol. The normalized spacial score (nSPS) is 17.8. The van der Waals surface area contributed by atoms with E-state index in [2.05, 4.69) is 34.0 Å². The first-order valence-corrected chi connectivity index (χ1v) is 8.97. The maximum absolute atomic E-state index is 13.9. The van der Waals surface area contributed by atoms with Crippen molar-refractivity contribution in [1.82, 2.24) is 15.1 Å². The lowest BCUT2D eigenvalue weighted by atomic mass is 10.1. The summed E-state index contributed by atoms with van der Waals surface area (Å²) in [4.78, 5) is 9.03. The molecule has 1 fully saturated rings. The molecule has 1 heterocycles. The number of nitrogens with one attached hydrogen (secondary N) is 1. The summed E-state index contributed by atoms with van der Waals surface area (Å²) in [6.07, 6.45) is 1.15. The second-order valence-corrected chi connectivity index (χ2v) is 6.41. The summed E-state index contributed by atoms with van der Waals surface area (Å²) in [5.41, 5.74) is 0.952. The fourth-order valence-electron chi connectivity index (χ4n) is 3.31. The summed E-state index contributed by atoms with van der Waals surface area (Å²) in [5, 5.41) is 12.2. The van der Waals surface area contributed by atoms with Gasteiger partial charge in [0.15, 0.2) is 5.96 Å². The molecular formula is C19H28FN5. The molecule has 5 nitrogen and oxygen atoms in total. The summed E-state index contributed by atoms with van der Waals surface area (Å²) < 4.78 is 13.9. The first kappa shape index (κ1) is 19.2. The van der Waals surface area contributed by atoms with Crippen LogP contribution >= 0.6 is 0 Å². The van der Waals surface area contributed by atoms with Crippen molar-refractivity contribution in [3.63, 3.8) is 0 Å². The molecule has 2 rings (SSSR count). The zero-order valence-electron chi connectivity index (χ0n) is 15.4. The van der Waals surface area contributed by atoms with Gasteiger partial charge in [0.1, 0.15) is 5.82 Å². The molecule has 1 saturated heterocycles. The highest BCUT2D eigenvalue weighted by atomic mass is 19.1.